The number of imide groups is 1. The van der Waals surface area contributed by atoms with Gasteiger partial charge in [-0.1, -0.05) is 73.1 Å². The molecule has 0 fully saturated rings. The van der Waals surface area contributed by atoms with E-state index in [9.17, 15) is 9.59 Å². The molecule has 0 unspecified atom stereocenters. The Hall–Kier alpha value is -3.37. The standard InChI is InChI=1S/C26H23ClN2O2/c1-2-18-10-14-22(15-11-18)28-24-23(20-6-4-3-5-7-20)25(30)29(26(24)31)17-16-19-8-12-21(27)13-9-19/h3-15,28H,2,16-17H2,1H3. The van der Waals surface area contributed by atoms with Crippen LogP contribution < -0.4 is 5.32 Å². The Labute approximate surface area is 187 Å². The summed E-state index contributed by atoms with van der Waals surface area (Å²) in [5.74, 6) is -0.588. The van der Waals surface area contributed by atoms with Crippen LogP contribution in [0, 0.1) is 0 Å². The summed E-state index contributed by atoms with van der Waals surface area (Å²) in [4.78, 5) is 27.9. The van der Waals surface area contributed by atoms with E-state index in [-0.39, 0.29) is 11.8 Å². The number of halogens is 1. The van der Waals surface area contributed by atoms with Crippen molar-refractivity contribution < 1.29 is 9.59 Å². The van der Waals surface area contributed by atoms with Gasteiger partial charge < -0.3 is 5.32 Å². The van der Waals surface area contributed by atoms with Gasteiger partial charge in [0.2, 0.25) is 0 Å². The second kappa shape index (κ2) is 9.19. The van der Waals surface area contributed by atoms with Crippen LogP contribution in [0.15, 0.2) is 84.6 Å². The Kier molecular flexibility index (Phi) is 6.19. The molecule has 0 bridgehead atoms. The molecule has 2 amide bonds. The number of carbonyl (C=O) groups excluding carboxylic acids is 2. The van der Waals surface area contributed by atoms with Gasteiger partial charge >= 0.3 is 0 Å². The molecule has 3 aromatic rings. The number of nitrogens with zero attached hydrogens (tertiary/aromatic N) is 1. The van der Waals surface area contributed by atoms with Crippen LogP contribution >= 0.6 is 11.6 Å². The summed E-state index contributed by atoms with van der Waals surface area (Å²) in [6.45, 7) is 2.39. The summed E-state index contributed by atoms with van der Waals surface area (Å²) in [6, 6.07) is 24.7. The lowest BCUT2D eigenvalue weighted by Crippen LogP contribution is -2.34. The van der Waals surface area contributed by atoms with Crippen LogP contribution in [-0.2, 0) is 22.4 Å². The van der Waals surface area contributed by atoms with E-state index < -0.39 is 0 Å². The minimum Gasteiger partial charge on any atom is -0.350 e. The molecule has 5 heteroatoms. The van der Waals surface area contributed by atoms with E-state index in [0.29, 0.717) is 29.3 Å². The van der Waals surface area contributed by atoms with Crippen molar-refractivity contribution in [2.45, 2.75) is 19.8 Å². The van der Waals surface area contributed by atoms with Crippen molar-refractivity contribution in [2.24, 2.45) is 0 Å². The highest BCUT2D eigenvalue weighted by atomic mass is 35.5. The van der Waals surface area contributed by atoms with Crippen LogP contribution in [0.1, 0.15) is 23.6 Å². The maximum Gasteiger partial charge on any atom is 0.278 e. The lowest BCUT2D eigenvalue weighted by molar-refractivity contribution is -0.136. The van der Waals surface area contributed by atoms with Gasteiger partial charge in [0.25, 0.3) is 11.8 Å². The molecule has 3 aromatic carbocycles. The van der Waals surface area contributed by atoms with Crippen molar-refractivity contribution in [2.75, 3.05) is 11.9 Å². The molecule has 0 aromatic heterocycles. The van der Waals surface area contributed by atoms with E-state index in [1.165, 1.54) is 10.5 Å². The average Bonchev–Trinajstić information content (AvgIpc) is 3.03. The average molecular weight is 431 g/mol. The van der Waals surface area contributed by atoms with Gasteiger partial charge in [0.1, 0.15) is 5.70 Å². The van der Waals surface area contributed by atoms with Crippen LogP contribution in [0.4, 0.5) is 5.69 Å². The smallest absolute Gasteiger partial charge is 0.278 e. The quantitative estimate of drug-likeness (QED) is 0.515. The molecule has 1 N–H and O–H groups in total. The number of carbonyl (C=O) groups is 2. The molecule has 0 radical (unpaired) electrons. The van der Waals surface area contributed by atoms with Crippen LogP contribution in [0.25, 0.3) is 5.57 Å². The Morgan fingerprint density at radius 3 is 2.10 bits per heavy atom. The summed E-state index contributed by atoms with van der Waals surface area (Å²) in [6.07, 6.45) is 1.50. The Morgan fingerprint density at radius 1 is 0.806 bits per heavy atom. The number of anilines is 1. The molecule has 0 aliphatic carbocycles. The summed E-state index contributed by atoms with van der Waals surface area (Å²) < 4.78 is 0. The fourth-order valence-corrected chi connectivity index (χ4v) is 3.75. The van der Waals surface area contributed by atoms with Crippen LogP contribution in [0.5, 0.6) is 0 Å². The van der Waals surface area contributed by atoms with Gasteiger partial charge in [0, 0.05) is 17.3 Å². The highest BCUT2D eigenvalue weighted by Gasteiger charge is 2.38. The van der Waals surface area contributed by atoms with Gasteiger partial charge in [-0.15, -0.1) is 0 Å². The van der Waals surface area contributed by atoms with E-state index in [1.807, 2.05) is 78.9 Å². The molecule has 0 saturated heterocycles. The van der Waals surface area contributed by atoms with Crippen LogP contribution in [0.3, 0.4) is 0 Å². The van der Waals surface area contributed by atoms with Crippen LogP contribution in [-0.4, -0.2) is 23.3 Å². The summed E-state index contributed by atoms with van der Waals surface area (Å²) >= 11 is 5.95. The van der Waals surface area contributed by atoms with E-state index in [4.69, 9.17) is 11.6 Å². The molecule has 0 spiro atoms. The highest BCUT2D eigenvalue weighted by Crippen LogP contribution is 2.30. The van der Waals surface area contributed by atoms with Gasteiger partial charge in [0.15, 0.2) is 0 Å². The van der Waals surface area contributed by atoms with Crippen molar-refractivity contribution in [1.29, 1.82) is 0 Å². The fraction of sp³-hybridized carbons (Fsp3) is 0.154. The minimum absolute atomic E-state index is 0.280. The number of rotatable bonds is 7. The van der Waals surface area contributed by atoms with Gasteiger partial charge in [-0.2, -0.15) is 0 Å². The van der Waals surface area contributed by atoms with Crippen molar-refractivity contribution in [3.05, 3.63) is 106 Å². The van der Waals surface area contributed by atoms with Gasteiger partial charge in [-0.3, -0.25) is 14.5 Å². The number of nitrogens with one attached hydrogen (secondary N) is 1. The van der Waals surface area contributed by atoms with Crippen molar-refractivity contribution in [1.82, 2.24) is 4.90 Å². The van der Waals surface area contributed by atoms with Gasteiger partial charge in [-0.05, 0) is 53.8 Å². The number of benzene rings is 3. The van der Waals surface area contributed by atoms with E-state index in [2.05, 4.69) is 12.2 Å². The third-order valence-corrected chi connectivity index (χ3v) is 5.65. The molecule has 1 aliphatic heterocycles. The predicted molar refractivity (Wildman–Crippen MR) is 125 cm³/mol. The SMILES string of the molecule is CCc1ccc(NC2=C(c3ccccc3)C(=O)N(CCc3ccc(Cl)cc3)C2=O)cc1. The topological polar surface area (TPSA) is 49.4 Å². The lowest BCUT2D eigenvalue weighted by Gasteiger charge is -2.15. The van der Waals surface area contributed by atoms with Crippen LogP contribution in [0.2, 0.25) is 5.02 Å². The zero-order valence-electron chi connectivity index (χ0n) is 17.3. The fourth-order valence-electron chi connectivity index (χ4n) is 3.63. The molecule has 31 heavy (non-hydrogen) atoms. The Balaban J connectivity index is 1.62. The van der Waals surface area contributed by atoms with Gasteiger partial charge in [-0.25, -0.2) is 0 Å². The Bertz CT molecular complexity index is 1120. The predicted octanol–water partition coefficient (Wildman–Crippen LogP) is 5.34. The van der Waals surface area contributed by atoms with Crippen molar-refractivity contribution in [3.8, 4) is 0 Å². The molecular weight excluding hydrogens is 408 g/mol. The summed E-state index contributed by atoms with van der Waals surface area (Å²) in [5.41, 5.74) is 4.45. The summed E-state index contributed by atoms with van der Waals surface area (Å²) in [7, 11) is 0. The second-order valence-corrected chi connectivity index (χ2v) is 7.87. The molecule has 0 atom stereocenters. The third kappa shape index (κ3) is 4.54. The Morgan fingerprint density at radius 2 is 1.45 bits per heavy atom. The first kappa shape index (κ1) is 20.9. The monoisotopic (exact) mass is 430 g/mol. The second-order valence-electron chi connectivity index (χ2n) is 7.43. The molecule has 1 aliphatic rings. The molecular formula is C26H23ClN2O2. The van der Waals surface area contributed by atoms with Gasteiger partial charge in [0.05, 0.1) is 5.57 Å². The first-order valence-corrected chi connectivity index (χ1v) is 10.7. The molecule has 4 nitrogen and oxygen atoms in total. The summed E-state index contributed by atoms with van der Waals surface area (Å²) in [5, 5.41) is 3.86. The zero-order valence-corrected chi connectivity index (χ0v) is 18.0. The first-order chi connectivity index (χ1) is 15.1. The molecule has 156 valence electrons. The number of hydrogen-bond donors (Lipinski definition) is 1. The molecule has 1 heterocycles. The molecule has 4 rings (SSSR count). The number of amides is 2. The largest absolute Gasteiger partial charge is 0.350 e. The van der Waals surface area contributed by atoms with Crippen molar-refractivity contribution in [3.63, 3.8) is 0 Å². The lowest BCUT2D eigenvalue weighted by atomic mass is 10.0. The maximum atomic E-state index is 13.3. The normalized spacial score (nSPS) is 13.8. The number of aryl methyl sites for hydroxylation is 1. The first-order valence-electron chi connectivity index (χ1n) is 10.3. The third-order valence-electron chi connectivity index (χ3n) is 5.40. The molecule has 0 saturated carbocycles. The zero-order chi connectivity index (χ0) is 21.8. The highest BCUT2D eigenvalue weighted by molar-refractivity contribution is 6.36. The van der Waals surface area contributed by atoms with E-state index in [1.54, 1.807) is 0 Å². The van der Waals surface area contributed by atoms with Crippen molar-refractivity contribution >= 4 is 34.7 Å². The maximum absolute atomic E-state index is 13.3. The minimum atomic E-state index is -0.308. The van der Waals surface area contributed by atoms with E-state index in [0.717, 1.165) is 23.2 Å². The van der Waals surface area contributed by atoms with E-state index >= 15 is 0 Å². The number of hydrogen-bond acceptors (Lipinski definition) is 3.